The number of phenolic OH excluding ortho intramolecular Hbond substituents is 1. The van der Waals surface area contributed by atoms with Crippen LogP contribution in [0.1, 0.15) is 52.7 Å². The van der Waals surface area contributed by atoms with Crippen LogP contribution in [0.15, 0.2) is 12.1 Å². The van der Waals surface area contributed by atoms with E-state index in [2.05, 4.69) is 0 Å². The number of aromatic hydroxyl groups is 1. The van der Waals surface area contributed by atoms with Crippen LogP contribution in [0, 0.1) is 0 Å². The summed E-state index contributed by atoms with van der Waals surface area (Å²) < 4.78 is 16.9. The molecule has 0 aliphatic heterocycles. The number of hydrogen-bond acceptors (Lipinski definition) is 4. The summed E-state index contributed by atoms with van der Waals surface area (Å²) in [5.41, 5.74) is 5.93. The van der Waals surface area contributed by atoms with Crippen molar-refractivity contribution in [2.24, 2.45) is 5.73 Å². The van der Waals surface area contributed by atoms with Gasteiger partial charge in [-0.1, -0.05) is 41.5 Å². The number of benzene rings is 1. The Morgan fingerprint density at radius 2 is 1.48 bits per heavy atom. The first-order chi connectivity index (χ1) is 9.28. The number of hydrogen-bond donors (Lipinski definition) is 3. The lowest BCUT2D eigenvalue weighted by Gasteiger charge is -2.28. The highest BCUT2D eigenvalue weighted by atomic mass is 31.2. The van der Waals surface area contributed by atoms with Crippen LogP contribution >= 0.6 is 7.60 Å². The Balaban J connectivity index is 3.52. The maximum atomic E-state index is 11.7. The molecule has 0 saturated heterocycles. The summed E-state index contributed by atoms with van der Waals surface area (Å²) in [7, 11) is -3.86. The quantitative estimate of drug-likeness (QED) is 0.743. The Hall–Kier alpha value is -1.03. The second kappa shape index (κ2) is 5.64. The highest BCUT2D eigenvalue weighted by Gasteiger charge is 2.28. The first kappa shape index (κ1) is 18.0. The number of phenols is 1. The second-order valence-electron chi connectivity index (χ2n) is 7.28. The number of rotatable bonds is 3. The third-order valence-electron chi connectivity index (χ3n) is 3.18. The minimum Gasteiger partial charge on any atom is -0.507 e. The largest absolute Gasteiger partial charge is 0.507 e. The lowest BCUT2D eigenvalue weighted by Crippen LogP contribution is -2.17. The molecule has 120 valence electrons. The fraction of sp³-hybridized carbons (Fsp3) is 0.600. The molecule has 21 heavy (non-hydrogen) atoms. The fourth-order valence-corrected chi connectivity index (χ4v) is 2.52. The molecule has 1 atom stereocenters. The minimum atomic E-state index is -3.86. The standard InChI is InChI=1S/C15H26NO4P/c1-14(2,3)11-7-10(20-21(18,19)9-16)8-12(13(11)17)15(4,5)6/h7-8,17H,9,16H2,1-6H3,(H,18,19). The molecule has 1 aromatic rings. The van der Waals surface area contributed by atoms with E-state index in [9.17, 15) is 14.6 Å². The van der Waals surface area contributed by atoms with E-state index in [1.807, 2.05) is 41.5 Å². The van der Waals surface area contributed by atoms with Gasteiger partial charge in [0, 0.05) is 11.1 Å². The molecule has 0 bridgehead atoms. The van der Waals surface area contributed by atoms with Crippen molar-refractivity contribution >= 4 is 7.60 Å². The molecule has 1 unspecified atom stereocenters. The predicted molar refractivity (Wildman–Crippen MR) is 85.0 cm³/mol. The second-order valence-corrected chi connectivity index (χ2v) is 9.10. The van der Waals surface area contributed by atoms with Gasteiger partial charge in [0.1, 0.15) is 17.8 Å². The molecule has 1 aromatic carbocycles. The van der Waals surface area contributed by atoms with Crippen LogP contribution in [-0.2, 0) is 15.4 Å². The van der Waals surface area contributed by atoms with Gasteiger partial charge in [0.25, 0.3) is 0 Å². The van der Waals surface area contributed by atoms with Crippen molar-refractivity contribution in [1.29, 1.82) is 0 Å². The first-order valence-corrected chi connectivity index (χ1v) is 8.63. The summed E-state index contributed by atoms with van der Waals surface area (Å²) >= 11 is 0. The Morgan fingerprint density at radius 3 is 1.76 bits per heavy atom. The van der Waals surface area contributed by atoms with Crippen LogP contribution in [-0.4, -0.2) is 16.3 Å². The summed E-state index contributed by atoms with van der Waals surface area (Å²) in [6, 6.07) is 3.20. The Labute approximate surface area is 126 Å². The lowest BCUT2D eigenvalue weighted by molar-refractivity contribution is 0.375. The van der Waals surface area contributed by atoms with Gasteiger partial charge in [0.05, 0.1) is 0 Å². The predicted octanol–water partition coefficient (Wildman–Crippen LogP) is 3.47. The molecule has 0 aliphatic rings. The third kappa shape index (κ3) is 4.47. The fourth-order valence-electron chi connectivity index (χ4n) is 2.01. The summed E-state index contributed by atoms with van der Waals surface area (Å²) in [5.74, 6) is 0.446. The van der Waals surface area contributed by atoms with Crippen molar-refractivity contribution in [3.63, 3.8) is 0 Å². The molecule has 0 heterocycles. The van der Waals surface area contributed by atoms with Gasteiger partial charge in [-0.2, -0.15) is 0 Å². The summed E-state index contributed by atoms with van der Waals surface area (Å²) in [5, 5.41) is 10.5. The smallest absolute Gasteiger partial charge is 0.390 e. The Bertz CT molecular complexity index is 535. The summed E-state index contributed by atoms with van der Waals surface area (Å²) in [6.45, 7) is 11.7. The van der Waals surface area contributed by atoms with Crippen molar-refractivity contribution in [3.8, 4) is 11.5 Å². The molecule has 0 radical (unpaired) electrons. The minimum absolute atomic E-state index is 0.197. The maximum Gasteiger partial charge on any atom is 0.390 e. The van der Waals surface area contributed by atoms with Gasteiger partial charge in [0.15, 0.2) is 0 Å². The molecule has 0 spiro atoms. The lowest BCUT2D eigenvalue weighted by atomic mass is 9.79. The Morgan fingerprint density at radius 1 is 1.10 bits per heavy atom. The maximum absolute atomic E-state index is 11.7. The monoisotopic (exact) mass is 315 g/mol. The van der Waals surface area contributed by atoms with Gasteiger partial charge in [-0.25, -0.2) is 4.57 Å². The molecule has 4 N–H and O–H groups in total. The van der Waals surface area contributed by atoms with Crippen LogP contribution in [0.2, 0.25) is 0 Å². The van der Waals surface area contributed by atoms with Crippen LogP contribution in [0.25, 0.3) is 0 Å². The molecule has 0 fully saturated rings. The van der Waals surface area contributed by atoms with E-state index >= 15 is 0 Å². The van der Waals surface area contributed by atoms with E-state index in [1.54, 1.807) is 12.1 Å². The van der Waals surface area contributed by atoms with Crippen LogP contribution in [0.4, 0.5) is 0 Å². The Kier molecular flexibility index (Phi) is 4.84. The average Bonchev–Trinajstić information content (AvgIpc) is 2.28. The zero-order valence-corrected chi connectivity index (χ0v) is 14.5. The molecule has 6 heteroatoms. The van der Waals surface area contributed by atoms with Crippen LogP contribution < -0.4 is 10.3 Å². The van der Waals surface area contributed by atoms with Gasteiger partial charge < -0.3 is 20.3 Å². The van der Waals surface area contributed by atoms with E-state index in [4.69, 9.17) is 10.3 Å². The van der Waals surface area contributed by atoms with E-state index in [0.717, 1.165) is 0 Å². The van der Waals surface area contributed by atoms with E-state index in [0.29, 0.717) is 11.1 Å². The molecule has 0 amide bonds. The van der Waals surface area contributed by atoms with E-state index in [-0.39, 0.29) is 22.3 Å². The number of nitrogens with two attached hydrogens (primary N) is 1. The molecule has 0 saturated carbocycles. The van der Waals surface area contributed by atoms with Gasteiger partial charge >= 0.3 is 7.60 Å². The highest BCUT2D eigenvalue weighted by molar-refractivity contribution is 7.53. The highest BCUT2D eigenvalue weighted by Crippen LogP contribution is 2.46. The summed E-state index contributed by atoms with van der Waals surface area (Å²) in [4.78, 5) is 9.58. The zero-order valence-electron chi connectivity index (χ0n) is 13.6. The third-order valence-corrected chi connectivity index (χ3v) is 4.14. The molecule has 5 nitrogen and oxygen atoms in total. The van der Waals surface area contributed by atoms with Crippen molar-refractivity contribution < 1.29 is 19.1 Å². The van der Waals surface area contributed by atoms with E-state index in [1.165, 1.54) is 0 Å². The zero-order chi connectivity index (χ0) is 16.6. The molecular weight excluding hydrogens is 289 g/mol. The molecular formula is C15H26NO4P. The van der Waals surface area contributed by atoms with Crippen LogP contribution in [0.3, 0.4) is 0 Å². The van der Waals surface area contributed by atoms with Gasteiger partial charge in [-0.15, -0.1) is 0 Å². The van der Waals surface area contributed by atoms with Crippen LogP contribution in [0.5, 0.6) is 11.5 Å². The molecule has 1 rings (SSSR count). The normalized spacial score (nSPS) is 15.6. The van der Waals surface area contributed by atoms with Gasteiger partial charge in [-0.3, -0.25) is 0 Å². The average molecular weight is 315 g/mol. The van der Waals surface area contributed by atoms with Gasteiger partial charge in [0.2, 0.25) is 0 Å². The summed E-state index contributed by atoms with van der Waals surface area (Å²) in [6.07, 6.45) is -0.455. The van der Waals surface area contributed by atoms with Gasteiger partial charge in [-0.05, 0) is 23.0 Å². The van der Waals surface area contributed by atoms with E-state index < -0.39 is 13.9 Å². The topological polar surface area (TPSA) is 92.8 Å². The SMILES string of the molecule is CC(C)(C)c1cc(OP(=O)(O)CN)cc(C(C)(C)C)c1O. The molecule has 0 aromatic heterocycles. The van der Waals surface area contributed by atoms with Crippen molar-refractivity contribution in [2.75, 3.05) is 6.29 Å². The molecule has 0 aliphatic carbocycles. The van der Waals surface area contributed by atoms with Crippen molar-refractivity contribution in [1.82, 2.24) is 0 Å². The van der Waals surface area contributed by atoms with Crippen molar-refractivity contribution in [3.05, 3.63) is 23.3 Å². The van der Waals surface area contributed by atoms with Crippen molar-refractivity contribution in [2.45, 2.75) is 52.4 Å². The first-order valence-electron chi connectivity index (χ1n) is 6.87.